The van der Waals surface area contributed by atoms with Crippen LogP contribution in [0.2, 0.25) is 0 Å². The predicted molar refractivity (Wildman–Crippen MR) is 78.6 cm³/mol. The van der Waals surface area contributed by atoms with E-state index in [0.29, 0.717) is 6.61 Å². The third kappa shape index (κ3) is 2.55. The molecule has 2 atom stereocenters. The van der Waals surface area contributed by atoms with Gasteiger partial charge in [-0.1, -0.05) is 48.5 Å². The van der Waals surface area contributed by atoms with Gasteiger partial charge in [0.15, 0.2) is 0 Å². The molecule has 0 aliphatic carbocycles. The molecule has 0 aromatic heterocycles. The Labute approximate surface area is 119 Å². The monoisotopic (exact) mass is 269 g/mol. The minimum Gasteiger partial charge on any atom is -0.491 e. The Balaban J connectivity index is 1.75. The van der Waals surface area contributed by atoms with Crippen LogP contribution in [0.4, 0.5) is 0 Å². The Hall–Kier alpha value is -1.84. The minimum atomic E-state index is -0.506. The second-order valence-corrected chi connectivity index (χ2v) is 5.26. The highest BCUT2D eigenvalue weighted by Crippen LogP contribution is 2.33. The third-order valence-electron chi connectivity index (χ3n) is 3.85. The zero-order chi connectivity index (χ0) is 13.9. The van der Waals surface area contributed by atoms with Gasteiger partial charge in [-0.25, -0.2) is 0 Å². The number of para-hydroxylation sites is 1. The fraction of sp³-hybridized carbons (Fsp3) is 0.294. The molecule has 1 heterocycles. The maximum absolute atomic E-state index is 10.5. The molecular weight excluding hydrogens is 250 g/mol. The summed E-state index contributed by atoms with van der Waals surface area (Å²) in [7, 11) is 2.03. The number of rotatable bonds is 3. The van der Waals surface area contributed by atoms with Crippen LogP contribution in [0.3, 0.4) is 0 Å². The first-order chi connectivity index (χ1) is 9.75. The van der Waals surface area contributed by atoms with E-state index in [0.717, 1.165) is 17.9 Å². The Kier molecular flexibility index (Phi) is 3.72. The summed E-state index contributed by atoms with van der Waals surface area (Å²) in [5.74, 6) is 0.796. The van der Waals surface area contributed by atoms with Crippen molar-refractivity contribution in [1.82, 2.24) is 4.90 Å². The SMILES string of the molecule is CN(Cc1ccccc1)C1COc2ccccc2C1O. The molecule has 0 radical (unpaired) electrons. The van der Waals surface area contributed by atoms with Crippen LogP contribution in [0.25, 0.3) is 0 Å². The number of hydrogen-bond donors (Lipinski definition) is 1. The minimum absolute atomic E-state index is 0.0230. The average molecular weight is 269 g/mol. The van der Waals surface area contributed by atoms with Crippen molar-refractivity contribution >= 4 is 0 Å². The van der Waals surface area contributed by atoms with Gasteiger partial charge in [-0.15, -0.1) is 0 Å². The number of nitrogens with zero attached hydrogens (tertiary/aromatic N) is 1. The van der Waals surface area contributed by atoms with Crippen LogP contribution in [0.1, 0.15) is 17.2 Å². The third-order valence-corrected chi connectivity index (χ3v) is 3.85. The molecule has 3 nitrogen and oxygen atoms in total. The highest BCUT2D eigenvalue weighted by atomic mass is 16.5. The standard InChI is InChI=1S/C17H19NO2/c1-18(11-13-7-3-2-4-8-13)15-12-20-16-10-6-5-9-14(16)17(15)19/h2-10,15,17,19H,11-12H2,1H3. The molecule has 0 saturated heterocycles. The van der Waals surface area contributed by atoms with Crippen molar-refractivity contribution in [2.45, 2.75) is 18.7 Å². The van der Waals surface area contributed by atoms with Crippen LogP contribution in [-0.2, 0) is 6.54 Å². The molecule has 2 unspecified atom stereocenters. The maximum atomic E-state index is 10.5. The van der Waals surface area contributed by atoms with Gasteiger partial charge in [-0.2, -0.15) is 0 Å². The second kappa shape index (κ2) is 5.65. The van der Waals surface area contributed by atoms with Crippen molar-refractivity contribution in [2.75, 3.05) is 13.7 Å². The summed E-state index contributed by atoms with van der Waals surface area (Å²) < 4.78 is 5.76. The summed E-state index contributed by atoms with van der Waals surface area (Å²) in [5.41, 5.74) is 2.12. The lowest BCUT2D eigenvalue weighted by Gasteiger charge is -2.36. The van der Waals surface area contributed by atoms with Crippen LogP contribution in [0, 0.1) is 0 Å². The molecule has 2 aromatic rings. The highest BCUT2D eigenvalue weighted by molar-refractivity contribution is 5.37. The van der Waals surface area contributed by atoms with Crippen molar-refractivity contribution in [3.05, 3.63) is 65.7 Å². The summed E-state index contributed by atoms with van der Waals surface area (Å²) in [6, 6.07) is 18.0. The van der Waals surface area contributed by atoms with Gasteiger partial charge in [0.25, 0.3) is 0 Å². The van der Waals surface area contributed by atoms with Crippen LogP contribution in [0.5, 0.6) is 5.75 Å². The normalized spacial score (nSPS) is 21.4. The summed E-state index contributed by atoms with van der Waals surface area (Å²) in [5, 5.41) is 10.5. The zero-order valence-corrected chi connectivity index (χ0v) is 11.6. The van der Waals surface area contributed by atoms with Crippen LogP contribution in [0.15, 0.2) is 54.6 Å². The van der Waals surface area contributed by atoms with E-state index in [9.17, 15) is 5.11 Å². The van der Waals surface area contributed by atoms with Gasteiger partial charge in [0, 0.05) is 12.1 Å². The fourth-order valence-electron chi connectivity index (χ4n) is 2.69. The van der Waals surface area contributed by atoms with Gasteiger partial charge in [-0.05, 0) is 18.7 Å². The van der Waals surface area contributed by atoms with Crippen molar-refractivity contribution in [2.24, 2.45) is 0 Å². The second-order valence-electron chi connectivity index (χ2n) is 5.26. The maximum Gasteiger partial charge on any atom is 0.125 e. The van der Waals surface area contributed by atoms with E-state index in [-0.39, 0.29) is 6.04 Å². The van der Waals surface area contributed by atoms with E-state index in [4.69, 9.17) is 4.74 Å². The molecule has 0 fully saturated rings. The Morgan fingerprint density at radius 2 is 1.80 bits per heavy atom. The predicted octanol–water partition coefficient (Wildman–Crippen LogP) is 2.61. The molecule has 104 valence electrons. The molecule has 1 N–H and O–H groups in total. The molecule has 0 amide bonds. The van der Waals surface area contributed by atoms with E-state index >= 15 is 0 Å². The average Bonchev–Trinajstić information content (AvgIpc) is 2.49. The van der Waals surface area contributed by atoms with E-state index in [1.165, 1.54) is 5.56 Å². The number of ether oxygens (including phenoxy) is 1. The van der Waals surface area contributed by atoms with E-state index in [1.54, 1.807) is 0 Å². The van der Waals surface area contributed by atoms with Gasteiger partial charge in [-0.3, -0.25) is 4.90 Å². The molecule has 20 heavy (non-hydrogen) atoms. The molecule has 1 aliphatic rings. The van der Waals surface area contributed by atoms with Gasteiger partial charge < -0.3 is 9.84 Å². The van der Waals surface area contributed by atoms with Gasteiger partial charge in [0.1, 0.15) is 18.5 Å². The Bertz CT molecular complexity index is 570. The lowest BCUT2D eigenvalue weighted by Crippen LogP contribution is -2.43. The smallest absolute Gasteiger partial charge is 0.125 e. The number of likely N-dealkylation sites (N-methyl/N-ethyl adjacent to an activating group) is 1. The van der Waals surface area contributed by atoms with Crippen LogP contribution < -0.4 is 4.74 Å². The molecule has 0 saturated carbocycles. The van der Waals surface area contributed by atoms with Gasteiger partial charge in [0.05, 0.1) is 6.04 Å². The van der Waals surface area contributed by atoms with Crippen molar-refractivity contribution in [3.63, 3.8) is 0 Å². The number of hydrogen-bond acceptors (Lipinski definition) is 3. The van der Waals surface area contributed by atoms with Crippen LogP contribution >= 0.6 is 0 Å². The van der Waals surface area contributed by atoms with Crippen molar-refractivity contribution in [1.29, 1.82) is 0 Å². The van der Waals surface area contributed by atoms with E-state index < -0.39 is 6.10 Å². The Morgan fingerprint density at radius 3 is 2.60 bits per heavy atom. The van der Waals surface area contributed by atoms with Crippen molar-refractivity contribution < 1.29 is 9.84 Å². The molecule has 0 spiro atoms. The Morgan fingerprint density at radius 1 is 1.10 bits per heavy atom. The fourth-order valence-corrected chi connectivity index (χ4v) is 2.69. The van der Waals surface area contributed by atoms with E-state index in [1.807, 2.05) is 49.5 Å². The summed E-state index contributed by atoms with van der Waals surface area (Å²) in [4.78, 5) is 2.15. The van der Waals surface area contributed by atoms with Gasteiger partial charge >= 0.3 is 0 Å². The first-order valence-corrected chi connectivity index (χ1v) is 6.89. The van der Waals surface area contributed by atoms with Gasteiger partial charge in [0.2, 0.25) is 0 Å². The zero-order valence-electron chi connectivity index (χ0n) is 11.6. The molecular formula is C17H19NO2. The summed E-state index contributed by atoms with van der Waals surface area (Å²) >= 11 is 0. The first kappa shape index (κ1) is 13.2. The highest BCUT2D eigenvalue weighted by Gasteiger charge is 2.31. The lowest BCUT2D eigenvalue weighted by atomic mass is 9.98. The molecule has 0 bridgehead atoms. The van der Waals surface area contributed by atoms with Crippen LogP contribution in [-0.4, -0.2) is 29.7 Å². The largest absolute Gasteiger partial charge is 0.491 e. The molecule has 3 rings (SSSR count). The number of benzene rings is 2. The molecule has 2 aromatic carbocycles. The quantitative estimate of drug-likeness (QED) is 0.929. The topological polar surface area (TPSA) is 32.7 Å². The number of aliphatic hydroxyl groups is 1. The first-order valence-electron chi connectivity index (χ1n) is 6.89. The van der Waals surface area contributed by atoms with Crippen molar-refractivity contribution in [3.8, 4) is 5.75 Å². The molecule has 1 aliphatic heterocycles. The number of aliphatic hydroxyl groups excluding tert-OH is 1. The summed E-state index contributed by atoms with van der Waals surface area (Å²) in [6.45, 7) is 1.32. The lowest BCUT2D eigenvalue weighted by molar-refractivity contribution is 0.0118. The van der Waals surface area contributed by atoms with E-state index in [2.05, 4.69) is 17.0 Å². The summed E-state index contributed by atoms with van der Waals surface area (Å²) in [6.07, 6.45) is -0.506. The number of fused-ring (bicyclic) bond motifs is 1. The molecule has 3 heteroatoms.